The number of nitrogens with one attached hydrogen (secondary N) is 3. The third kappa shape index (κ3) is 4.74. The molecular formula is C16H27N3O3. The average molecular weight is 309 g/mol. The minimum atomic E-state index is -0.485. The van der Waals surface area contributed by atoms with Gasteiger partial charge in [-0.2, -0.15) is 0 Å². The maximum atomic E-state index is 11.9. The van der Waals surface area contributed by atoms with Crippen molar-refractivity contribution in [3.63, 3.8) is 0 Å². The molecule has 0 aliphatic heterocycles. The van der Waals surface area contributed by atoms with Gasteiger partial charge < -0.3 is 25.1 Å². The Balaban J connectivity index is 1.85. The lowest BCUT2D eigenvalue weighted by Crippen LogP contribution is -2.66. The standard InChI is InChI=1S/C16H27N3O3/c1-5-21-13-8-12(19-15(20)22-16(2,3)4)14(13)18-10-11-6-7-17-9-11/h6-7,9,12-14,17-18H,5,8,10H2,1-4H3,(H,19,20). The molecule has 6 nitrogen and oxygen atoms in total. The molecule has 1 aliphatic carbocycles. The maximum Gasteiger partial charge on any atom is 0.407 e. The molecule has 1 saturated carbocycles. The Hall–Kier alpha value is -1.53. The molecule has 1 aromatic rings. The molecule has 0 bridgehead atoms. The van der Waals surface area contributed by atoms with E-state index in [0.29, 0.717) is 6.61 Å². The van der Waals surface area contributed by atoms with Crippen LogP contribution in [0, 0.1) is 0 Å². The van der Waals surface area contributed by atoms with Crippen LogP contribution in [0.5, 0.6) is 0 Å². The second-order valence-electron chi connectivity index (χ2n) is 6.61. The average Bonchev–Trinajstić information content (AvgIpc) is 2.88. The van der Waals surface area contributed by atoms with Gasteiger partial charge in [-0.3, -0.25) is 0 Å². The molecule has 0 radical (unpaired) electrons. The lowest BCUT2D eigenvalue weighted by Gasteiger charge is -2.45. The van der Waals surface area contributed by atoms with Crippen LogP contribution >= 0.6 is 0 Å². The molecule has 22 heavy (non-hydrogen) atoms. The number of alkyl carbamates (subject to hydrolysis) is 1. The van der Waals surface area contributed by atoms with Crippen molar-refractivity contribution in [3.8, 4) is 0 Å². The zero-order valence-electron chi connectivity index (χ0n) is 13.8. The second kappa shape index (κ2) is 7.15. The summed E-state index contributed by atoms with van der Waals surface area (Å²) in [6.07, 6.45) is 4.41. The number of aromatic amines is 1. The molecule has 2 rings (SSSR count). The molecule has 3 N–H and O–H groups in total. The summed E-state index contributed by atoms with van der Waals surface area (Å²) in [5.41, 5.74) is 0.694. The lowest BCUT2D eigenvalue weighted by atomic mass is 9.82. The highest BCUT2D eigenvalue weighted by molar-refractivity contribution is 5.68. The van der Waals surface area contributed by atoms with Gasteiger partial charge in [0.25, 0.3) is 0 Å². The Kier molecular flexibility index (Phi) is 5.47. The van der Waals surface area contributed by atoms with Crippen molar-refractivity contribution in [3.05, 3.63) is 24.0 Å². The lowest BCUT2D eigenvalue weighted by molar-refractivity contribution is -0.0438. The number of aromatic nitrogens is 1. The summed E-state index contributed by atoms with van der Waals surface area (Å²) in [4.78, 5) is 14.9. The Morgan fingerprint density at radius 2 is 2.23 bits per heavy atom. The predicted molar refractivity (Wildman–Crippen MR) is 84.6 cm³/mol. The zero-order valence-corrected chi connectivity index (χ0v) is 13.8. The van der Waals surface area contributed by atoms with Crippen LogP contribution in [0.2, 0.25) is 0 Å². The molecule has 1 aliphatic rings. The molecule has 0 saturated heterocycles. The van der Waals surface area contributed by atoms with Gasteiger partial charge in [0, 0.05) is 25.5 Å². The van der Waals surface area contributed by atoms with Crippen LogP contribution in [0.1, 0.15) is 39.7 Å². The molecule has 1 aromatic heterocycles. The van der Waals surface area contributed by atoms with E-state index in [-0.39, 0.29) is 24.3 Å². The van der Waals surface area contributed by atoms with Gasteiger partial charge in [0.2, 0.25) is 0 Å². The van der Waals surface area contributed by atoms with Crippen molar-refractivity contribution in [2.24, 2.45) is 0 Å². The number of amides is 1. The first-order chi connectivity index (χ1) is 10.4. The molecule has 3 unspecified atom stereocenters. The Bertz CT molecular complexity index is 467. The van der Waals surface area contributed by atoms with Crippen molar-refractivity contribution >= 4 is 6.09 Å². The number of carbonyl (C=O) groups excluding carboxylic acids is 1. The van der Waals surface area contributed by atoms with Crippen LogP contribution in [-0.4, -0.2) is 41.5 Å². The molecule has 124 valence electrons. The predicted octanol–water partition coefficient (Wildman–Crippen LogP) is 2.17. The molecular weight excluding hydrogens is 282 g/mol. The fourth-order valence-corrected chi connectivity index (χ4v) is 2.58. The third-order valence-corrected chi connectivity index (χ3v) is 3.61. The molecule has 1 heterocycles. The van der Waals surface area contributed by atoms with Crippen molar-refractivity contribution in [2.45, 2.75) is 64.4 Å². The quantitative estimate of drug-likeness (QED) is 0.753. The van der Waals surface area contributed by atoms with E-state index in [4.69, 9.17) is 9.47 Å². The van der Waals surface area contributed by atoms with Crippen molar-refractivity contribution in [2.75, 3.05) is 6.61 Å². The number of rotatable bonds is 6. The normalized spacial score (nSPS) is 24.6. The van der Waals surface area contributed by atoms with Crippen LogP contribution in [0.4, 0.5) is 4.79 Å². The summed E-state index contributed by atoms with van der Waals surface area (Å²) >= 11 is 0. The largest absolute Gasteiger partial charge is 0.444 e. The molecule has 3 atom stereocenters. The zero-order chi connectivity index (χ0) is 16.2. The van der Waals surface area contributed by atoms with E-state index in [1.54, 1.807) is 0 Å². The highest BCUT2D eigenvalue weighted by Gasteiger charge is 2.42. The van der Waals surface area contributed by atoms with Crippen molar-refractivity contribution < 1.29 is 14.3 Å². The van der Waals surface area contributed by atoms with Gasteiger partial charge in [0.05, 0.1) is 18.2 Å². The SMILES string of the molecule is CCOC1CC(NC(=O)OC(C)(C)C)C1NCc1cc[nH]c1. The Morgan fingerprint density at radius 3 is 2.82 bits per heavy atom. The smallest absolute Gasteiger partial charge is 0.407 e. The van der Waals surface area contributed by atoms with Gasteiger partial charge in [0.1, 0.15) is 5.60 Å². The van der Waals surface area contributed by atoms with Gasteiger partial charge in [-0.15, -0.1) is 0 Å². The number of carbonyl (C=O) groups is 1. The van der Waals surface area contributed by atoms with E-state index in [2.05, 4.69) is 15.6 Å². The summed E-state index contributed by atoms with van der Waals surface area (Å²) in [6.45, 7) is 8.97. The number of hydrogen-bond acceptors (Lipinski definition) is 4. The molecule has 1 fully saturated rings. The van der Waals surface area contributed by atoms with Gasteiger partial charge in [-0.05, 0) is 45.7 Å². The summed E-state index contributed by atoms with van der Waals surface area (Å²) in [5.74, 6) is 0. The van der Waals surface area contributed by atoms with Crippen LogP contribution in [-0.2, 0) is 16.0 Å². The molecule has 1 amide bonds. The van der Waals surface area contributed by atoms with E-state index in [0.717, 1.165) is 13.0 Å². The van der Waals surface area contributed by atoms with Gasteiger partial charge >= 0.3 is 6.09 Å². The Morgan fingerprint density at radius 1 is 1.45 bits per heavy atom. The molecule has 0 spiro atoms. The van der Waals surface area contributed by atoms with E-state index < -0.39 is 5.60 Å². The first-order valence-electron chi connectivity index (χ1n) is 7.85. The van der Waals surface area contributed by atoms with Gasteiger partial charge in [-0.25, -0.2) is 4.79 Å². The highest BCUT2D eigenvalue weighted by Crippen LogP contribution is 2.25. The van der Waals surface area contributed by atoms with E-state index >= 15 is 0 Å². The highest BCUT2D eigenvalue weighted by atomic mass is 16.6. The van der Waals surface area contributed by atoms with Crippen LogP contribution in [0.15, 0.2) is 18.5 Å². The first kappa shape index (κ1) is 16.8. The topological polar surface area (TPSA) is 75.4 Å². The summed E-state index contributed by atoms with van der Waals surface area (Å²) in [5, 5.41) is 6.39. The number of H-pyrrole nitrogens is 1. The van der Waals surface area contributed by atoms with E-state index in [1.165, 1.54) is 5.56 Å². The number of ether oxygens (including phenoxy) is 2. The monoisotopic (exact) mass is 309 g/mol. The van der Waals surface area contributed by atoms with E-state index in [9.17, 15) is 4.79 Å². The fourth-order valence-electron chi connectivity index (χ4n) is 2.58. The first-order valence-corrected chi connectivity index (χ1v) is 7.85. The third-order valence-electron chi connectivity index (χ3n) is 3.61. The van der Waals surface area contributed by atoms with Gasteiger partial charge in [0.15, 0.2) is 0 Å². The summed E-state index contributed by atoms with van der Waals surface area (Å²) in [7, 11) is 0. The Labute approximate surface area is 132 Å². The van der Waals surface area contributed by atoms with Crippen LogP contribution in [0.25, 0.3) is 0 Å². The van der Waals surface area contributed by atoms with Crippen LogP contribution in [0.3, 0.4) is 0 Å². The van der Waals surface area contributed by atoms with Gasteiger partial charge in [-0.1, -0.05) is 0 Å². The molecule has 6 heteroatoms. The van der Waals surface area contributed by atoms with E-state index in [1.807, 2.05) is 46.2 Å². The summed E-state index contributed by atoms with van der Waals surface area (Å²) in [6, 6.07) is 2.16. The summed E-state index contributed by atoms with van der Waals surface area (Å²) < 4.78 is 11.0. The van der Waals surface area contributed by atoms with Crippen molar-refractivity contribution in [1.29, 1.82) is 0 Å². The minimum absolute atomic E-state index is 0.0327. The van der Waals surface area contributed by atoms with Crippen LogP contribution < -0.4 is 10.6 Å². The maximum absolute atomic E-state index is 11.9. The minimum Gasteiger partial charge on any atom is -0.444 e. The molecule has 0 aromatic carbocycles. The fraction of sp³-hybridized carbons (Fsp3) is 0.688. The second-order valence-corrected chi connectivity index (χ2v) is 6.61. The van der Waals surface area contributed by atoms with Crippen molar-refractivity contribution in [1.82, 2.24) is 15.6 Å². The number of hydrogen-bond donors (Lipinski definition) is 3.